The van der Waals surface area contributed by atoms with Crippen LogP contribution >= 0.6 is 0 Å². The largest absolute Gasteiger partial charge is 0.493 e. The summed E-state index contributed by atoms with van der Waals surface area (Å²) in [7, 11) is -0.157. The van der Waals surface area contributed by atoms with Crippen molar-refractivity contribution in [2.75, 3.05) is 69.6 Å². The van der Waals surface area contributed by atoms with Gasteiger partial charge in [0.2, 0.25) is 10.0 Å². The number of anilines is 3. The molecule has 0 unspecified atom stereocenters. The predicted molar refractivity (Wildman–Crippen MR) is 164 cm³/mol. The molecule has 0 amide bonds. The molecule has 43 heavy (non-hydrogen) atoms. The first-order chi connectivity index (χ1) is 20.7. The highest BCUT2D eigenvalue weighted by Crippen LogP contribution is 2.37. The molecule has 0 atom stereocenters. The molecule has 1 fully saturated rings. The summed E-state index contributed by atoms with van der Waals surface area (Å²) in [5.74, 6) is 1.00. The standard InChI is InChI=1S/C30H33N5O7S/c1-4-43(38,39)35-11-9-34(10-12-35)26-7-5-20(15-22(26)23-16-21(36)6-8-27(23)37)33-30-24-17-28(41-3)29(42-14-13-40-2)18-25(24)31-19-32-30/h5-8,15-19H,4,9-14H2,1-3H3,(H,31,32,33). The molecule has 0 radical (unpaired) electrons. The molecule has 0 bridgehead atoms. The van der Waals surface area contributed by atoms with Gasteiger partial charge in [-0.05, 0) is 49.4 Å². The molecule has 3 aromatic rings. The van der Waals surface area contributed by atoms with Gasteiger partial charge in [-0.25, -0.2) is 18.4 Å². The van der Waals surface area contributed by atoms with Crippen LogP contribution in [0.25, 0.3) is 16.5 Å². The smallest absolute Gasteiger partial charge is 0.213 e. The highest BCUT2D eigenvalue weighted by Gasteiger charge is 2.28. The number of carbonyl (C=O) groups excluding carboxylic acids is 2. The van der Waals surface area contributed by atoms with Crippen molar-refractivity contribution in [1.29, 1.82) is 0 Å². The highest BCUT2D eigenvalue weighted by atomic mass is 32.2. The van der Waals surface area contributed by atoms with Crippen LogP contribution in [0.4, 0.5) is 17.2 Å². The summed E-state index contributed by atoms with van der Waals surface area (Å²) in [4.78, 5) is 36.1. The number of fused-ring (bicyclic) bond motifs is 1. The molecule has 0 saturated carbocycles. The SMILES string of the molecule is CCS(=O)(=O)N1CCN(c2ccc(Nc3ncnc4cc(OCCOC)c(OC)cc34)cc2C2=CC(=O)C=CC2=O)CC1. The molecular weight excluding hydrogens is 574 g/mol. The molecule has 1 N–H and O–H groups in total. The van der Waals surface area contributed by atoms with Gasteiger partial charge >= 0.3 is 0 Å². The summed E-state index contributed by atoms with van der Waals surface area (Å²) in [6.07, 6.45) is 5.28. The molecule has 13 heteroatoms. The Morgan fingerprint density at radius 1 is 0.953 bits per heavy atom. The lowest BCUT2D eigenvalue weighted by molar-refractivity contribution is -0.113. The van der Waals surface area contributed by atoms with Crippen LogP contribution in [0.1, 0.15) is 12.5 Å². The Hall–Kier alpha value is -4.33. The van der Waals surface area contributed by atoms with Gasteiger partial charge in [-0.15, -0.1) is 0 Å². The van der Waals surface area contributed by atoms with E-state index in [0.717, 1.165) is 5.69 Å². The number of carbonyl (C=O) groups is 2. The zero-order valence-electron chi connectivity index (χ0n) is 24.2. The number of nitrogens with one attached hydrogen (secondary N) is 1. The molecule has 1 aromatic heterocycles. The van der Waals surface area contributed by atoms with Crippen LogP contribution in [-0.4, -0.2) is 93.6 Å². The van der Waals surface area contributed by atoms with Crippen molar-refractivity contribution < 1.29 is 32.2 Å². The molecule has 2 aliphatic rings. The Labute approximate surface area is 250 Å². The van der Waals surface area contributed by atoms with Gasteiger partial charge in [0.1, 0.15) is 18.8 Å². The van der Waals surface area contributed by atoms with Crippen LogP contribution in [0.5, 0.6) is 11.5 Å². The zero-order valence-corrected chi connectivity index (χ0v) is 25.0. The van der Waals surface area contributed by atoms with E-state index < -0.39 is 10.0 Å². The third kappa shape index (κ3) is 6.53. The second kappa shape index (κ2) is 12.9. The van der Waals surface area contributed by atoms with Crippen molar-refractivity contribution in [1.82, 2.24) is 14.3 Å². The minimum absolute atomic E-state index is 0.0419. The maximum atomic E-state index is 13.0. The topological polar surface area (TPSA) is 140 Å². The predicted octanol–water partition coefficient (Wildman–Crippen LogP) is 2.97. The van der Waals surface area contributed by atoms with Crippen molar-refractivity contribution in [3.63, 3.8) is 0 Å². The van der Waals surface area contributed by atoms with Crippen molar-refractivity contribution in [2.45, 2.75) is 6.92 Å². The number of piperazine rings is 1. The third-order valence-corrected chi connectivity index (χ3v) is 9.19. The molecule has 5 rings (SSSR count). The quantitative estimate of drug-likeness (QED) is 0.254. The van der Waals surface area contributed by atoms with Crippen molar-refractivity contribution >= 4 is 55.3 Å². The molecule has 0 spiro atoms. The number of nitrogens with zero attached hydrogens (tertiary/aromatic N) is 4. The van der Waals surface area contributed by atoms with Gasteiger partial charge in [0.25, 0.3) is 0 Å². The van der Waals surface area contributed by atoms with Crippen LogP contribution in [-0.2, 0) is 24.3 Å². The second-order valence-electron chi connectivity index (χ2n) is 9.89. The number of ether oxygens (including phenoxy) is 3. The first kappa shape index (κ1) is 30.1. The van der Waals surface area contributed by atoms with Gasteiger partial charge in [0.15, 0.2) is 23.1 Å². The van der Waals surface area contributed by atoms with E-state index in [9.17, 15) is 18.0 Å². The number of hydrogen-bond donors (Lipinski definition) is 1. The summed E-state index contributed by atoms with van der Waals surface area (Å²) >= 11 is 0. The summed E-state index contributed by atoms with van der Waals surface area (Å²) in [6, 6.07) is 9.08. The van der Waals surface area contributed by atoms with E-state index in [1.165, 1.54) is 28.9 Å². The number of sulfonamides is 1. The molecule has 2 heterocycles. The number of methoxy groups -OCH3 is 2. The Morgan fingerprint density at radius 2 is 1.74 bits per heavy atom. The fourth-order valence-corrected chi connectivity index (χ4v) is 6.11. The number of rotatable bonds is 11. The number of aromatic nitrogens is 2. The first-order valence-corrected chi connectivity index (χ1v) is 15.4. The molecule has 1 aliphatic heterocycles. The van der Waals surface area contributed by atoms with Gasteiger partial charge < -0.3 is 24.4 Å². The second-order valence-corrected chi connectivity index (χ2v) is 12.1. The van der Waals surface area contributed by atoms with E-state index in [4.69, 9.17) is 14.2 Å². The Kier molecular flexibility index (Phi) is 9.04. The van der Waals surface area contributed by atoms with E-state index in [1.54, 1.807) is 39.3 Å². The van der Waals surface area contributed by atoms with Crippen molar-refractivity contribution in [3.8, 4) is 11.5 Å². The van der Waals surface area contributed by atoms with E-state index in [-0.39, 0.29) is 22.9 Å². The van der Waals surface area contributed by atoms with Gasteiger partial charge in [0.05, 0.1) is 25.0 Å². The first-order valence-electron chi connectivity index (χ1n) is 13.8. The molecular formula is C30H33N5O7S. The maximum absolute atomic E-state index is 13.0. The van der Waals surface area contributed by atoms with Crippen molar-refractivity contribution in [2.24, 2.45) is 0 Å². The molecule has 1 aliphatic carbocycles. The van der Waals surface area contributed by atoms with E-state index in [2.05, 4.69) is 15.3 Å². The Morgan fingerprint density at radius 3 is 2.47 bits per heavy atom. The Bertz CT molecular complexity index is 1710. The monoisotopic (exact) mass is 607 g/mol. The Balaban J connectivity index is 1.50. The maximum Gasteiger partial charge on any atom is 0.213 e. The summed E-state index contributed by atoms with van der Waals surface area (Å²) in [5, 5.41) is 4.01. The summed E-state index contributed by atoms with van der Waals surface area (Å²) in [5.41, 5.74) is 2.81. The lowest BCUT2D eigenvalue weighted by Crippen LogP contribution is -2.49. The average molecular weight is 608 g/mol. The average Bonchev–Trinajstić information content (AvgIpc) is 3.02. The minimum atomic E-state index is -3.30. The minimum Gasteiger partial charge on any atom is -0.493 e. The van der Waals surface area contributed by atoms with Crippen LogP contribution in [0.3, 0.4) is 0 Å². The lowest BCUT2D eigenvalue weighted by Gasteiger charge is -2.36. The third-order valence-electron chi connectivity index (χ3n) is 7.30. The molecule has 1 saturated heterocycles. The lowest BCUT2D eigenvalue weighted by atomic mass is 9.94. The number of ketones is 2. The number of benzene rings is 2. The summed E-state index contributed by atoms with van der Waals surface area (Å²) in [6.45, 7) is 3.93. The van der Waals surface area contributed by atoms with Gasteiger partial charge in [-0.2, -0.15) is 4.31 Å². The van der Waals surface area contributed by atoms with Crippen LogP contribution in [0.2, 0.25) is 0 Å². The van der Waals surface area contributed by atoms with Gasteiger partial charge in [-0.3, -0.25) is 9.59 Å². The van der Waals surface area contributed by atoms with Crippen LogP contribution in [0, 0.1) is 0 Å². The van der Waals surface area contributed by atoms with Gasteiger partial charge in [0, 0.05) is 67.3 Å². The normalized spacial score (nSPS) is 16.0. The fourth-order valence-electron chi connectivity index (χ4n) is 5.02. The van der Waals surface area contributed by atoms with E-state index >= 15 is 0 Å². The molecule has 226 valence electrons. The highest BCUT2D eigenvalue weighted by molar-refractivity contribution is 7.89. The summed E-state index contributed by atoms with van der Waals surface area (Å²) < 4.78 is 42.7. The molecule has 2 aromatic carbocycles. The van der Waals surface area contributed by atoms with Crippen LogP contribution in [0.15, 0.2) is 54.9 Å². The van der Waals surface area contributed by atoms with Crippen molar-refractivity contribution in [3.05, 3.63) is 60.5 Å². The fraction of sp³-hybridized carbons (Fsp3) is 0.333. The van der Waals surface area contributed by atoms with E-state index in [1.807, 2.05) is 17.0 Å². The number of hydrogen-bond acceptors (Lipinski definition) is 11. The molecule has 12 nitrogen and oxygen atoms in total. The van der Waals surface area contributed by atoms with Crippen LogP contribution < -0.4 is 19.7 Å². The number of allylic oxidation sites excluding steroid dienone is 4. The van der Waals surface area contributed by atoms with E-state index in [0.29, 0.717) is 78.9 Å². The zero-order chi connectivity index (χ0) is 30.6. The van der Waals surface area contributed by atoms with Gasteiger partial charge in [-0.1, -0.05) is 0 Å².